The summed E-state index contributed by atoms with van der Waals surface area (Å²) in [5, 5.41) is 3.00. The van der Waals surface area contributed by atoms with E-state index in [4.69, 9.17) is 5.73 Å². The van der Waals surface area contributed by atoms with Crippen LogP contribution < -0.4 is 16.0 Å². The Morgan fingerprint density at radius 2 is 2.06 bits per heavy atom. The van der Waals surface area contributed by atoms with Crippen LogP contribution in [0.5, 0.6) is 0 Å². The van der Waals surface area contributed by atoms with E-state index in [9.17, 15) is 0 Å². The van der Waals surface area contributed by atoms with Crippen LogP contribution in [0.25, 0.3) is 0 Å². The molecule has 0 saturated carbocycles. The van der Waals surface area contributed by atoms with Gasteiger partial charge in [-0.2, -0.15) is 9.97 Å². The first-order chi connectivity index (χ1) is 8.47. The van der Waals surface area contributed by atoms with Crippen molar-refractivity contribution in [1.82, 2.24) is 14.9 Å². The molecule has 0 aliphatic carbocycles. The minimum atomic E-state index is 0.298. The number of nitrogens with two attached hydrogens (primary N) is 1. The van der Waals surface area contributed by atoms with E-state index >= 15 is 0 Å². The second-order valence-electron chi connectivity index (χ2n) is 4.62. The summed E-state index contributed by atoms with van der Waals surface area (Å²) in [5.41, 5.74) is 5.73. The van der Waals surface area contributed by atoms with Crippen molar-refractivity contribution in [3.05, 3.63) is 6.07 Å². The zero-order valence-corrected chi connectivity index (χ0v) is 11.9. The lowest BCUT2D eigenvalue weighted by Gasteiger charge is -2.31. The highest BCUT2D eigenvalue weighted by Gasteiger charge is 2.16. The summed E-state index contributed by atoms with van der Waals surface area (Å²) in [6.07, 6.45) is 0. The number of nitrogen functional groups attached to an aromatic ring is 1. The number of rotatable bonds is 6. The number of likely N-dealkylation sites (N-methyl/N-ethyl adjacent to an activating group) is 2. The van der Waals surface area contributed by atoms with Crippen molar-refractivity contribution in [2.24, 2.45) is 0 Å². The Labute approximate surface area is 109 Å². The molecule has 0 radical (unpaired) electrons. The molecule has 0 fully saturated rings. The number of nitrogens with one attached hydrogen (secondary N) is 1. The van der Waals surface area contributed by atoms with Gasteiger partial charge in [0.1, 0.15) is 11.6 Å². The molecule has 0 spiro atoms. The molecule has 102 valence electrons. The standard InChI is InChI=1S/C12H24N6/c1-6-18(9(2)8-17(4)5)11-7-10(14-3)15-12(13)16-11/h7,9H,6,8H2,1-5H3,(H3,13,14,15,16). The Kier molecular flexibility index (Phi) is 5.15. The van der Waals surface area contributed by atoms with Gasteiger partial charge in [0, 0.05) is 32.2 Å². The van der Waals surface area contributed by atoms with Crippen LogP contribution in [0.4, 0.5) is 17.6 Å². The predicted octanol–water partition coefficient (Wildman–Crippen LogP) is 0.877. The minimum Gasteiger partial charge on any atom is -0.373 e. The second-order valence-corrected chi connectivity index (χ2v) is 4.62. The van der Waals surface area contributed by atoms with Crippen LogP contribution in [0.3, 0.4) is 0 Å². The number of anilines is 3. The minimum absolute atomic E-state index is 0.298. The smallest absolute Gasteiger partial charge is 0.223 e. The molecule has 6 heteroatoms. The third kappa shape index (κ3) is 3.73. The number of aromatic nitrogens is 2. The zero-order valence-electron chi connectivity index (χ0n) is 11.9. The van der Waals surface area contributed by atoms with Crippen LogP contribution in [-0.4, -0.2) is 55.1 Å². The summed E-state index contributed by atoms with van der Waals surface area (Å²) in [5.74, 6) is 1.91. The van der Waals surface area contributed by atoms with E-state index in [0.29, 0.717) is 12.0 Å². The Morgan fingerprint density at radius 3 is 2.56 bits per heavy atom. The van der Waals surface area contributed by atoms with Gasteiger partial charge >= 0.3 is 0 Å². The van der Waals surface area contributed by atoms with Gasteiger partial charge in [-0.15, -0.1) is 0 Å². The van der Waals surface area contributed by atoms with E-state index in [1.165, 1.54) is 0 Å². The van der Waals surface area contributed by atoms with E-state index in [1.807, 2.05) is 13.1 Å². The Morgan fingerprint density at radius 1 is 1.39 bits per heavy atom. The van der Waals surface area contributed by atoms with Crippen LogP contribution in [0, 0.1) is 0 Å². The van der Waals surface area contributed by atoms with Gasteiger partial charge in [0.2, 0.25) is 5.95 Å². The van der Waals surface area contributed by atoms with Gasteiger partial charge in [-0.25, -0.2) is 0 Å². The molecule has 1 aromatic heterocycles. The Bertz CT molecular complexity index is 379. The van der Waals surface area contributed by atoms with E-state index in [1.54, 1.807) is 0 Å². The molecule has 1 aromatic rings. The maximum Gasteiger partial charge on any atom is 0.223 e. The largest absolute Gasteiger partial charge is 0.373 e. The molecular weight excluding hydrogens is 228 g/mol. The molecule has 0 saturated heterocycles. The fourth-order valence-corrected chi connectivity index (χ4v) is 2.05. The SMILES string of the molecule is CCN(c1cc(NC)nc(N)n1)C(C)CN(C)C. The molecular formula is C12H24N6. The third-order valence-electron chi connectivity index (χ3n) is 2.78. The average molecular weight is 252 g/mol. The van der Waals surface area contributed by atoms with Crippen molar-refractivity contribution in [3.8, 4) is 0 Å². The fraction of sp³-hybridized carbons (Fsp3) is 0.667. The molecule has 3 N–H and O–H groups in total. The maximum absolute atomic E-state index is 5.73. The van der Waals surface area contributed by atoms with Gasteiger partial charge in [-0.1, -0.05) is 0 Å². The molecule has 0 aliphatic rings. The molecule has 0 amide bonds. The van der Waals surface area contributed by atoms with Crippen molar-refractivity contribution in [2.45, 2.75) is 19.9 Å². The normalized spacial score (nSPS) is 12.6. The Balaban J connectivity index is 2.97. The molecule has 6 nitrogen and oxygen atoms in total. The second kappa shape index (κ2) is 6.39. The monoisotopic (exact) mass is 252 g/mol. The molecule has 0 aromatic carbocycles. The Hall–Kier alpha value is -1.56. The first-order valence-electron chi connectivity index (χ1n) is 6.21. The van der Waals surface area contributed by atoms with Crippen LogP contribution in [0.2, 0.25) is 0 Å². The number of hydrogen-bond acceptors (Lipinski definition) is 6. The van der Waals surface area contributed by atoms with Gasteiger partial charge < -0.3 is 20.9 Å². The van der Waals surface area contributed by atoms with E-state index in [2.05, 4.69) is 53.0 Å². The van der Waals surface area contributed by atoms with Gasteiger partial charge in [-0.3, -0.25) is 0 Å². The molecule has 0 bridgehead atoms. The summed E-state index contributed by atoms with van der Waals surface area (Å²) in [7, 11) is 5.96. The lowest BCUT2D eigenvalue weighted by atomic mass is 10.2. The average Bonchev–Trinajstić information content (AvgIpc) is 2.28. The summed E-state index contributed by atoms with van der Waals surface area (Å²) in [4.78, 5) is 12.8. The van der Waals surface area contributed by atoms with Crippen LogP contribution in [-0.2, 0) is 0 Å². The van der Waals surface area contributed by atoms with Crippen molar-refractivity contribution >= 4 is 17.6 Å². The molecule has 18 heavy (non-hydrogen) atoms. The van der Waals surface area contributed by atoms with Gasteiger partial charge in [0.15, 0.2) is 0 Å². The molecule has 1 rings (SSSR count). The first kappa shape index (κ1) is 14.5. The highest BCUT2D eigenvalue weighted by molar-refractivity contribution is 5.52. The summed E-state index contributed by atoms with van der Waals surface area (Å²) >= 11 is 0. The van der Waals surface area contributed by atoms with Crippen molar-refractivity contribution < 1.29 is 0 Å². The van der Waals surface area contributed by atoms with Gasteiger partial charge in [0.25, 0.3) is 0 Å². The van der Waals surface area contributed by atoms with Crippen molar-refractivity contribution in [3.63, 3.8) is 0 Å². The number of nitrogens with zero attached hydrogens (tertiary/aromatic N) is 4. The highest BCUT2D eigenvalue weighted by Crippen LogP contribution is 2.19. The quantitative estimate of drug-likeness (QED) is 0.783. The molecule has 1 atom stereocenters. The highest BCUT2D eigenvalue weighted by atomic mass is 15.3. The van der Waals surface area contributed by atoms with Crippen molar-refractivity contribution in [2.75, 3.05) is 50.2 Å². The lowest BCUT2D eigenvalue weighted by Crippen LogP contribution is -2.40. The lowest BCUT2D eigenvalue weighted by molar-refractivity contribution is 0.372. The van der Waals surface area contributed by atoms with Crippen LogP contribution >= 0.6 is 0 Å². The van der Waals surface area contributed by atoms with E-state index in [-0.39, 0.29) is 0 Å². The summed E-state index contributed by atoms with van der Waals surface area (Å²) in [6, 6.07) is 2.29. The third-order valence-corrected chi connectivity index (χ3v) is 2.78. The van der Waals surface area contributed by atoms with E-state index < -0.39 is 0 Å². The maximum atomic E-state index is 5.73. The first-order valence-corrected chi connectivity index (χ1v) is 6.21. The van der Waals surface area contributed by atoms with Crippen molar-refractivity contribution in [1.29, 1.82) is 0 Å². The molecule has 0 aliphatic heterocycles. The molecule has 1 unspecified atom stereocenters. The van der Waals surface area contributed by atoms with Gasteiger partial charge in [0.05, 0.1) is 0 Å². The van der Waals surface area contributed by atoms with Crippen LogP contribution in [0.15, 0.2) is 6.07 Å². The summed E-state index contributed by atoms with van der Waals surface area (Å²) < 4.78 is 0. The fourth-order valence-electron chi connectivity index (χ4n) is 2.05. The molecule has 1 heterocycles. The van der Waals surface area contributed by atoms with Crippen LogP contribution in [0.1, 0.15) is 13.8 Å². The topological polar surface area (TPSA) is 70.3 Å². The number of hydrogen-bond donors (Lipinski definition) is 2. The summed E-state index contributed by atoms with van der Waals surface area (Å²) in [6.45, 7) is 6.14. The predicted molar refractivity (Wildman–Crippen MR) is 77.0 cm³/mol. The van der Waals surface area contributed by atoms with Gasteiger partial charge in [-0.05, 0) is 27.9 Å². The zero-order chi connectivity index (χ0) is 13.7. The van der Waals surface area contributed by atoms with E-state index in [0.717, 1.165) is 24.7 Å².